The monoisotopic (exact) mass is 244 g/mol. The van der Waals surface area contributed by atoms with E-state index in [0.717, 1.165) is 18.6 Å². The first-order valence-corrected chi connectivity index (χ1v) is 7.45. The molecule has 2 heterocycles. The summed E-state index contributed by atoms with van der Waals surface area (Å²) in [6.07, 6.45) is 6.84. The summed E-state index contributed by atoms with van der Waals surface area (Å²) in [5.74, 6) is 0. The number of fused-ring (bicyclic) bond motifs is 1. The lowest BCUT2D eigenvalue weighted by Gasteiger charge is -2.39. The molecule has 2 heteroatoms. The highest BCUT2D eigenvalue weighted by atomic mass is 15.2. The van der Waals surface area contributed by atoms with Crippen molar-refractivity contribution in [2.45, 2.75) is 50.7 Å². The first-order chi connectivity index (χ1) is 8.93. The molecule has 1 N–H and O–H groups in total. The molecule has 3 rings (SSSR count). The fraction of sp³-hybridized carbons (Fsp3) is 0.625. The van der Waals surface area contributed by atoms with Gasteiger partial charge in [-0.15, -0.1) is 0 Å². The summed E-state index contributed by atoms with van der Waals surface area (Å²) in [7, 11) is 0. The lowest BCUT2D eigenvalue weighted by Crippen LogP contribution is -2.52. The maximum absolute atomic E-state index is 3.74. The van der Waals surface area contributed by atoms with E-state index < -0.39 is 0 Å². The Kier molecular flexibility index (Phi) is 3.96. The molecular weight excluding hydrogens is 220 g/mol. The highest BCUT2D eigenvalue weighted by Crippen LogP contribution is 2.25. The molecule has 0 aliphatic carbocycles. The lowest BCUT2D eigenvalue weighted by molar-refractivity contribution is 0.132. The van der Waals surface area contributed by atoms with Gasteiger partial charge in [-0.3, -0.25) is 4.90 Å². The molecule has 2 atom stereocenters. The Balaban J connectivity index is 1.72. The zero-order chi connectivity index (χ0) is 12.2. The van der Waals surface area contributed by atoms with E-state index in [1.165, 1.54) is 50.8 Å². The van der Waals surface area contributed by atoms with Gasteiger partial charge >= 0.3 is 0 Å². The maximum Gasteiger partial charge on any atom is 0.0253 e. The smallest absolute Gasteiger partial charge is 0.0253 e. The molecule has 2 nitrogen and oxygen atoms in total. The molecular formula is C16H24N2. The van der Waals surface area contributed by atoms with Crippen molar-refractivity contribution < 1.29 is 0 Å². The van der Waals surface area contributed by atoms with E-state index in [0.29, 0.717) is 0 Å². The van der Waals surface area contributed by atoms with Crippen LogP contribution in [-0.4, -0.2) is 30.1 Å². The van der Waals surface area contributed by atoms with Crippen LogP contribution in [0.25, 0.3) is 0 Å². The fourth-order valence-electron chi connectivity index (χ4n) is 3.53. The highest BCUT2D eigenvalue weighted by molar-refractivity contribution is 5.15. The van der Waals surface area contributed by atoms with E-state index in [1.807, 2.05) is 0 Å². The van der Waals surface area contributed by atoms with Gasteiger partial charge in [0.25, 0.3) is 0 Å². The second-order valence-corrected chi connectivity index (χ2v) is 5.72. The zero-order valence-corrected chi connectivity index (χ0v) is 11.1. The van der Waals surface area contributed by atoms with E-state index in [2.05, 4.69) is 40.5 Å². The molecule has 2 aliphatic rings. The van der Waals surface area contributed by atoms with E-state index in [4.69, 9.17) is 0 Å². The molecule has 0 saturated carbocycles. The molecule has 2 fully saturated rings. The molecule has 0 aromatic heterocycles. The summed E-state index contributed by atoms with van der Waals surface area (Å²) in [5, 5.41) is 3.74. The topological polar surface area (TPSA) is 15.3 Å². The second kappa shape index (κ2) is 5.85. The van der Waals surface area contributed by atoms with Gasteiger partial charge < -0.3 is 5.32 Å². The van der Waals surface area contributed by atoms with E-state index in [-0.39, 0.29) is 0 Å². The van der Waals surface area contributed by atoms with Crippen LogP contribution in [0.3, 0.4) is 0 Å². The maximum atomic E-state index is 3.74. The van der Waals surface area contributed by atoms with Crippen molar-refractivity contribution in [1.82, 2.24) is 10.2 Å². The first-order valence-electron chi connectivity index (χ1n) is 7.45. The number of nitrogens with one attached hydrogen (secondary N) is 1. The molecule has 0 spiro atoms. The summed E-state index contributed by atoms with van der Waals surface area (Å²) < 4.78 is 0. The number of likely N-dealkylation sites (tertiary alicyclic amines) is 1. The minimum atomic E-state index is 0.741. The Bertz CT molecular complexity index is 363. The van der Waals surface area contributed by atoms with Gasteiger partial charge in [-0.25, -0.2) is 0 Å². The van der Waals surface area contributed by atoms with Gasteiger partial charge in [0.2, 0.25) is 0 Å². The first kappa shape index (κ1) is 12.2. The van der Waals surface area contributed by atoms with Crippen molar-refractivity contribution in [3.05, 3.63) is 35.9 Å². The van der Waals surface area contributed by atoms with Crippen LogP contribution >= 0.6 is 0 Å². The average Bonchev–Trinajstić information content (AvgIpc) is 2.63. The van der Waals surface area contributed by atoms with Gasteiger partial charge in [-0.05, 0) is 44.3 Å². The summed E-state index contributed by atoms with van der Waals surface area (Å²) >= 11 is 0. The molecule has 98 valence electrons. The van der Waals surface area contributed by atoms with E-state index in [9.17, 15) is 0 Å². The van der Waals surface area contributed by atoms with Gasteiger partial charge in [-0.1, -0.05) is 36.8 Å². The van der Waals surface area contributed by atoms with Crippen molar-refractivity contribution in [3.8, 4) is 0 Å². The Morgan fingerprint density at radius 3 is 2.83 bits per heavy atom. The van der Waals surface area contributed by atoms with E-state index in [1.54, 1.807) is 0 Å². The van der Waals surface area contributed by atoms with E-state index >= 15 is 0 Å². The minimum absolute atomic E-state index is 0.741. The van der Waals surface area contributed by atoms with Crippen LogP contribution in [-0.2, 0) is 6.54 Å². The quantitative estimate of drug-likeness (QED) is 0.860. The number of benzene rings is 1. The third kappa shape index (κ3) is 2.76. The number of rotatable bonds is 2. The second-order valence-electron chi connectivity index (χ2n) is 5.72. The Labute approximate surface area is 110 Å². The molecule has 1 aromatic rings. The van der Waals surface area contributed by atoms with Gasteiger partial charge in [0.05, 0.1) is 0 Å². The zero-order valence-electron chi connectivity index (χ0n) is 11.1. The van der Waals surface area contributed by atoms with Crippen molar-refractivity contribution in [2.75, 3.05) is 13.1 Å². The van der Waals surface area contributed by atoms with Crippen LogP contribution in [0, 0.1) is 0 Å². The minimum Gasteiger partial charge on any atom is -0.312 e. The third-order valence-corrected chi connectivity index (χ3v) is 4.46. The van der Waals surface area contributed by atoms with Crippen molar-refractivity contribution >= 4 is 0 Å². The van der Waals surface area contributed by atoms with Crippen LogP contribution in [0.2, 0.25) is 0 Å². The Morgan fingerprint density at radius 2 is 1.94 bits per heavy atom. The van der Waals surface area contributed by atoms with Crippen molar-refractivity contribution in [1.29, 1.82) is 0 Å². The molecule has 0 unspecified atom stereocenters. The summed E-state index contributed by atoms with van der Waals surface area (Å²) in [4.78, 5) is 2.72. The van der Waals surface area contributed by atoms with Gasteiger partial charge in [0.1, 0.15) is 0 Å². The predicted octanol–water partition coefficient (Wildman–Crippen LogP) is 2.79. The van der Waals surface area contributed by atoms with Gasteiger partial charge in [0.15, 0.2) is 0 Å². The lowest BCUT2D eigenvalue weighted by atomic mass is 9.94. The molecule has 18 heavy (non-hydrogen) atoms. The van der Waals surface area contributed by atoms with Gasteiger partial charge in [-0.2, -0.15) is 0 Å². The van der Waals surface area contributed by atoms with Crippen LogP contribution in [0.15, 0.2) is 30.3 Å². The summed E-state index contributed by atoms with van der Waals surface area (Å²) in [6.45, 7) is 3.63. The van der Waals surface area contributed by atoms with Gasteiger partial charge in [0, 0.05) is 18.6 Å². The van der Waals surface area contributed by atoms with Crippen LogP contribution in [0.5, 0.6) is 0 Å². The Morgan fingerprint density at radius 1 is 1.06 bits per heavy atom. The van der Waals surface area contributed by atoms with Crippen LogP contribution in [0.4, 0.5) is 0 Å². The fourth-order valence-corrected chi connectivity index (χ4v) is 3.53. The van der Waals surface area contributed by atoms with Crippen LogP contribution in [0.1, 0.15) is 37.7 Å². The SMILES string of the molecule is c1ccc(CN2CCCC[C@H]3NCCC[C@@H]32)cc1. The molecule has 2 saturated heterocycles. The molecule has 2 aliphatic heterocycles. The molecule has 1 aromatic carbocycles. The molecule has 0 radical (unpaired) electrons. The number of nitrogens with zero attached hydrogens (tertiary/aromatic N) is 1. The molecule has 0 bridgehead atoms. The van der Waals surface area contributed by atoms with Crippen LogP contribution < -0.4 is 5.32 Å². The predicted molar refractivity (Wildman–Crippen MR) is 75.5 cm³/mol. The Hall–Kier alpha value is -0.860. The number of hydrogen-bond acceptors (Lipinski definition) is 2. The summed E-state index contributed by atoms with van der Waals surface area (Å²) in [5.41, 5.74) is 1.46. The number of piperidine rings is 1. The standard InChI is InChI=1S/C16H24N2/c1-2-7-14(8-3-1)13-18-12-5-4-9-15-16(18)10-6-11-17-15/h1-3,7-8,15-17H,4-6,9-13H2/t15-,16+/m1/s1. The number of hydrogen-bond donors (Lipinski definition) is 1. The average molecular weight is 244 g/mol. The third-order valence-electron chi connectivity index (χ3n) is 4.46. The normalized spacial score (nSPS) is 29.6. The highest BCUT2D eigenvalue weighted by Gasteiger charge is 2.31. The van der Waals surface area contributed by atoms with Crippen molar-refractivity contribution in [3.63, 3.8) is 0 Å². The summed E-state index contributed by atoms with van der Waals surface area (Å²) in [6, 6.07) is 12.4. The largest absolute Gasteiger partial charge is 0.312 e. The molecule has 0 amide bonds. The van der Waals surface area contributed by atoms with Crippen molar-refractivity contribution in [2.24, 2.45) is 0 Å².